The number of carboxylic acids is 1. The predicted molar refractivity (Wildman–Crippen MR) is 37.5 cm³/mol. The summed E-state index contributed by atoms with van der Waals surface area (Å²) in [5, 5.41) is 8.34. The van der Waals surface area contributed by atoms with Crippen LogP contribution in [0.2, 0.25) is 0 Å². The van der Waals surface area contributed by atoms with E-state index < -0.39 is 11.9 Å². The molecule has 0 aliphatic heterocycles. The molecule has 0 fully saturated rings. The van der Waals surface area contributed by atoms with Crippen LogP contribution in [0.5, 0.6) is 0 Å². The molecule has 5 N–H and O–H groups in total. The first-order valence-corrected chi connectivity index (χ1v) is 2.82. The Balaban J connectivity index is 3.70. The number of hydrogen-bond donors (Lipinski definition) is 3. The van der Waals surface area contributed by atoms with Crippen molar-refractivity contribution in [1.82, 2.24) is 0 Å². The fourth-order valence-corrected chi connectivity index (χ4v) is 0.320. The monoisotopic (exact) mass is 145 g/mol. The minimum absolute atomic E-state index is 0.0758. The molecule has 0 saturated heterocycles. The number of aliphatic imine (C=N–C) groups is 1. The van der Waals surface area contributed by atoms with Gasteiger partial charge in [0.15, 0.2) is 5.96 Å². The first-order valence-electron chi connectivity index (χ1n) is 2.82. The molecule has 5 heteroatoms. The Bertz CT molecular complexity index is 151. The number of carboxylic acid groups (broad SMARTS) is 1. The fraction of sp³-hybridized carbons (Fsp3) is 0.600. The van der Waals surface area contributed by atoms with Crippen LogP contribution in [0.1, 0.15) is 6.92 Å². The average molecular weight is 145 g/mol. The van der Waals surface area contributed by atoms with E-state index in [0.717, 1.165) is 0 Å². The maximum absolute atomic E-state index is 10.2. The van der Waals surface area contributed by atoms with Crippen LogP contribution >= 0.6 is 0 Å². The highest BCUT2D eigenvalue weighted by Crippen LogP contribution is 1.93. The molecule has 0 heterocycles. The van der Waals surface area contributed by atoms with E-state index in [-0.39, 0.29) is 12.5 Å². The summed E-state index contributed by atoms with van der Waals surface area (Å²) in [6, 6.07) is 0. The van der Waals surface area contributed by atoms with Crippen molar-refractivity contribution in [2.45, 2.75) is 6.92 Å². The Morgan fingerprint density at radius 2 is 2.20 bits per heavy atom. The number of nitrogens with two attached hydrogens (primary N) is 2. The molecule has 0 rings (SSSR count). The molecule has 10 heavy (non-hydrogen) atoms. The molecule has 0 radical (unpaired) electrons. The molecular formula is C5H11N3O2. The van der Waals surface area contributed by atoms with Crippen molar-refractivity contribution in [3.8, 4) is 0 Å². The summed E-state index contributed by atoms with van der Waals surface area (Å²) in [5.41, 5.74) is 9.95. The summed E-state index contributed by atoms with van der Waals surface area (Å²) in [5.74, 6) is -1.50. The second-order valence-corrected chi connectivity index (χ2v) is 2.00. The van der Waals surface area contributed by atoms with Crippen LogP contribution in [0.4, 0.5) is 0 Å². The van der Waals surface area contributed by atoms with Crippen molar-refractivity contribution in [3.63, 3.8) is 0 Å². The molecule has 58 valence electrons. The van der Waals surface area contributed by atoms with Crippen molar-refractivity contribution >= 4 is 11.9 Å². The number of rotatable bonds is 3. The lowest BCUT2D eigenvalue weighted by atomic mass is 10.2. The Morgan fingerprint density at radius 1 is 1.70 bits per heavy atom. The van der Waals surface area contributed by atoms with Crippen LogP contribution in [0, 0.1) is 5.92 Å². The molecule has 0 aromatic carbocycles. The molecule has 0 aromatic rings. The largest absolute Gasteiger partial charge is 0.481 e. The average Bonchev–Trinajstić information content (AvgIpc) is 1.82. The summed E-state index contributed by atoms with van der Waals surface area (Å²) in [6.45, 7) is 1.67. The van der Waals surface area contributed by atoms with Gasteiger partial charge in [-0.25, -0.2) is 0 Å². The fourth-order valence-electron chi connectivity index (χ4n) is 0.320. The highest BCUT2D eigenvalue weighted by Gasteiger charge is 2.08. The molecule has 0 amide bonds. The number of guanidine groups is 1. The Morgan fingerprint density at radius 3 is 2.50 bits per heavy atom. The van der Waals surface area contributed by atoms with E-state index in [1.807, 2.05) is 0 Å². The third kappa shape index (κ3) is 3.71. The zero-order valence-electron chi connectivity index (χ0n) is 5.74. The highest BCUT2D eigenvalue weighted by atomic mass is 16.4. The van der Waals surface area contributed by atoms with Gasteiger partial charge in [-0.15, -0.1) is 0 Å². The van der Waals surface area contributed by atoms with E-state index in [9.17, 15) is 4.79 Å². The maximum Gasteiger partial charge on any atom is 0.308 e. The van der Waals surface area contributed by atoms with Crippen LogP contribution in [-0.2, 0) is 4.79 Å². The van der Waals surface area contributed by atoms with Gasteiger partial charge in [0.25, 0.3) is 0 Å². The first kappa shape index (κ1) is 8.74. The van der Waals surface area contributed by atoms with Gasteiger partial charge in [0.2, 0.25) is 0 Å². The Labute approximate surface area is 58.7 Å². The SMILES string of the molecule is C[C@H](CN=C(N)N)C(=O)O. The molecular weight excluding hydrogens is 134 g/mol. The summed E-state index contributed by atoms with van der Waals surface area (Å²) >= 11 is 0. The Hall–Kier alpha value is -1.26. The molecule has 0 spiro atoms. The second kappa shape index (κ2) is 3.71. The standard InChI is InChI=1S/C5H11N3O2/c1-3(4(9)10)2-8-5(6)7/h3H,2H2,1H3,(H,9,10)(H4,6,7,8)/t3-/m1/s1. The zero-order chi connectivity index (χ0) is 8.15. The van der Waals surface area contributed by atoms with Gasteiger partial charge in [0.05, 0.1) is 12.5 Å². The van der Waals surface area contributed by atoms with Gasteiger partial charge < -0.3 is 16.6 Å². The summed E-state index contributed by atoms with van der Waals surface area (Å²) in [4.78, 5) is 13.7. The summed E-state index contributed by atoms with van der Waals surface area (Å²) in [6.07, 6.45) is 0. The minimum atomic E-state index is -0.898. The zero-order valence-corrected chi connectivity index (χ0v) is 5.74. The number of hydrogen-bond acceptors (Lipinski definition) is 2. The highest BCUT2D eigenvalue weighted by molar-refractivity contribution is 5.76. The van der Waals surface area contributed by atoms with Crippen LogP contribution in [0.3, 0.4) is 0 Å². The molecule has 5 nitrogen and oxygen atoms in total. The molecule has 0 aliphatic rings. The van der Waals surface area contributed by atoms with Crippen LogP contribution in [0.15, 0.2) is 4.99 Å². The predicted octanol–water partition coefficient (Wildman–Crippen LogP) is -1.02. The molecule has 1 atom stereocenters. The number of aliphatic carboxylic acids is 1. The van der Waals surface area contributed by atoms with E-state index in [0.29, 0.717) is 0 Å². The Kier molecular flexibility index (Phi) is 3.24. The molecule has 0 aromatic heterocycles. The molecule has 0 unspecified atom stereocenters. The van der Waals surface area contributed by atoms with Crippen LogP contribution in [-0.4, -0.2) is 23.6 Å². The minimum Gasteiger partial charge on any atom is -0.481 e. The molecule has 0 saturated carbocycles. The van der Waals surface area contributed by atoms with Gasteiger partial charge in [-0.1, -0.05) is 6.92 Å². The summed E-state index contributed by atoms with van der Waals surface area (Å²) in [7, 11) is 0. The number of nitrogens with zero attached hydrogens (tertiary/aromatic N) is 1. The van der Waals surface area contributed by atoms with Gasteiger partial charge in [0, 0.05) is 0 Å². The third-order valence-corrected chi connectivity index (χ3v) is 0.969. The first-order chi connectivity index (χ1) is 4.54. The number of carbonyl (C=O) groups is 1. The van der Waals surface area contributed by atoms with Crippen molar-refractivity contribution in [2.75, 3.05) is 6.54 Å². The topological polar surface area (TPSA) is 102 Å². The quantitative estimate of drug-likeness (QED) is 0.349. The molecule has 0 bridgehead atoms. The summed E-state index contributed by atoms with van der Waals surface area (Å²) < 4.78 is 0. The van der Waals surface area contributed by atoms with Crippen molar-refractivity contribution < 1.29 is 9.90 Å². The van der Waals surface area contributed by atoms with Gasteiger partial charge in [0.1, 0.15) is 0 Å². The van der Waals surface area contributed by atoms with Crippen molar-refractivity contribution in [2.24, 2.45) is 22.4 Å². The van der Waals surface area contributed by atoms with Gasteiger partial charge in [-0.3, -0.25) is 9.79 Å². The lowest BCUT2D eigenvalue weighted by Crippen LogP contribution is -2.25. The maximum atomic E-state index is 10.2. The van der Waals surface area contributed by atoms with Crippen LogP contribution in [0.25, 0.3) is 0 Å². The van der Waals surface area contributed by atoms with Gasteiger partial charge in [-0.05, 0) is 0 Å². The normalized spacial score (nSPS) is 12.1. The third-order valence-electron chi connectivity index (χ3n) is 0.969. The molecule has 0 aliphatic carbocycles. The van der Waals surface area contributed by atoms with E-state index >= 15 is 0 Å². The lowest BCUT2D eigenvalue weighted by molar-refractivity contribution is -0.140. The second-order valence-electron chi connectivity index (χ2n) is 2.00. The van der Waals surface area contributed by atoms with Gasteiger partial charge >= 0.3 is 5.97 Å². The smallest absolute Gasteiger partial charge is 0.308 e. The van der Waals surface area contributed by atoms with E-state index in [1.54, 1.807) is 0 Å². The van der Waals surface area contributed by atoms with E-state index in [4.69, 9.17) is 16.6 Å². The van der Waals surface area contributed by atoms with Crippen molar-refractivity contribution in [3.05, 3.63) is 0 Å². The van der Waals surface area contributed by atoms with E-state index in [2.05, 4.69) is 4.99 Å². The van der Waals surface area contributed by atoms with Crippen molar-refractivity contribution in [1.29, 1.82) is 0 Å². The lowest BCUT2D eigenvalue weighted by Gasteiger charge is -1.99. The van der Waals surface area contributed by atoms with Gasteiger partial charge in [-0.2, -0.15) is 0 Å². The van der Waals surface area contributed by atoms with E-state index in [1.165, 1.54) is 6.92 Å². The van der Waals surface area contributed by atoms with Crippen LogP contribution < -0.4 is 11.5 Å².